The number of anilines is 1. The first-order valence-corrected chi connectivity index (χ1v) is 5.71. The first kappa shape index (κ1) is 10.9. The highest BCUT2D eigenvalue weighted by molar-refractivity contribution is 5.67. The van der Waals surface area contributed by atoms with Crippen molar-refractivity contribution in [3.05, 3.63) is 23.9 Å². The molecule has 0 unspecified atom stereocenters. The lowest BCUT2D eigenvalue weighted by Gasteiger charge is -2.18. The summed E-state index contributed by atoms with van der Waals surface area (Å²) in [5.41, 5.74) is 5.26. The van der Waals surface area contributed by atoms with E-state index in [4.69, 9.17) is 15.3 Å². The molecule has 0 amide bonds. The van der Waals surface area contributed by atoms with Crippen LogP contribution in [0.2, 0.25) is 0 Å². The molecule has 3 rings (SSSR count). The quantitative estimate of drug-likeness (QED) is 0.551. The Bertz CT molecular complexity index is 579. The van der Waals surface area contributed by atoms with E-state index >= 15 is 0 Å². The standard InChI is InChI=1S/C12H14N4O2/c1-7-11(15-12(14-7)16-13)8-2-3-9-10(6-8)18-5-4-17-9/h2-3,6H,4-5,13H2,1H3,(H2,14,15,16). The Morgan fingerprint density at radius 3 is 2.78 bits per heavy atom. The van der Waals surface area contributed by atoms with Crippen LogP contribution in [0.5, 0.6) is 11.5 Å². The van der Waals surface area contributed by atoms with Crippen LogP contribution in [0.15, 0.2) is 18.2 Å². The molecule has 0 saturated carbocycles. The van der Waals surface area contributed by atoms with E-state index in [9.17, 15) is 0 Å². The van der Waals surface area contributed by atoms with Gasteiger partial charge >= 0.3 is 0 Å². The van der Waals surface area contributed by atoms with Crippen LogP contribution < -0.4 is 20.7 Å². The molecule has 94 valence electrons. The molecular formula is C12H14N4O2. The summed E-state index contributed by atoms with van der Waals surface area (Å²) in [5, 5.41) is 0. The number of fused-ring (bicyclic) bond motifs is 1. The van der Waals surface area contributed by atoms with Gasteiger partial charge in [-0.05, 0) is 25.1 Å². The summed E-state index contributed by atoms with van der Waals surface area (Å²) in [5.74, 6) is 7.40. The Hall–Kier alpha value is -2.21. The second kappa shape index (κ2) is 4.23. The monoisotopic (exact) mass is 246 g/mol. The molecule has 1 aromatic carbocycles. The van der Waals surface area contributed by atoms with E-state index in [1.54, 1.807) is 0 Å². The van der Waals surface area contributed by atoms with Gasteiger partial charge in [-0.1, -0.05) is 0 Å². The fraction of sp³-hybridized carbons (Fsp3) is 0.250. The highest BCUT2D eigenvalue weighted by atomic mass is 16.6. The van der Waals surface area contributed by atoms with Gasteiger partial charge in [-0.15, -0.1) is 0 Å². The van der Waals surface area contributed by atoms with Gasteiger partial charge in [0.05, 0.1) is 5.69 Å². The fourth-order valence-electron chi connectivity index (χ4n) is 2.00. The normalized spacial score (nSPS) is 13.4. The van der Waals surface area contributed by atoms with Crippen LogP contribution in [0, 0.1) is 6.92 Å². The van der Waals surface area contributed by atoms with Crippen LogP contribution in [0.4, 0.5) is 5.95 Å². The number of hydrogen-bond acceptors (Lipinski definition) is 5. The van der Waals surface area contributed by atoms with Crippen molar-refractivity contribution in [2.45, 2.75) is 6.92 Å². The maximum Gasteiger partial charge on any atom is 0.215 e. The average molecular weight is 246 g/mol. The largest absolute Gasteiger partial charge is 0.486 e. The molecule has 0 atom stereocenters. The molecule has 1 aliphatic heterocycles. The van der Waals surface area contributed by atoms with E-state index in [-0.39, 0.29) is 0 Å². The number of nitrogen functional groups attached to an aromatic ring is 1. The number of aryl methyl sites for hydroxylation is 1. The van der Waals surface area contributed by atoms with Gasteiger partial charge in [-0.3, -0.25) is 5.43 Å². The molecule has 0 spiro atoms. The number of hydrazine groups is 1. The van der Waals surface area contributed by atoms with Gasteiger partial charge in [0, 0.05) is 11.3 Å². The predicted molar refractivity (Wildman–Crippen MR) is 67.6 cm³/mol. The third kappa shape index (κ3) is 1.76. The second-order valence-corrected chi connectivity index (χ2v) is 4.06. The van der Waals surface area contributed by atoms with Crippen LogP contribution in [-0.4, -0.2) is 23.2 Å². The van der Waals surface area contributed by atoms with Crippen molar-refractivity contribution >= 4 is 5.95 Å². The minimum atomic E-state index is 0.539. The second-order valence-electron chi connectivity index (χ2n) is 4.06. The zero-order valence-corrected chi connectivity index (χ0v) is 9.99. The summed E-state index contributed by atoms with van der Waals surface area (Å²) >= 11 is 0. The molecule has 0 saturated heterocycles. The summed E-state index contributed by atoms with van der Waals surface area (Å²) in [6.07, 6.45) is 0. The molecule has 0 bridgehead atoms. The highest BCUT2D eigenvalue weighted by Gasteiger charge is 2.15. The summed E-state index contributed by atoms with van der Waals surface area (Å²) in [7, 11) is 0. The molecule has 4 N–H and O–H groups in total. The number of rotatable bonds is 2. The topological polar surface area (TPSA) is 85.2 Å². The SMILES string of the molecule is Cc1[nH]c(NN)nc1-c1ccc2c(c1)OCCO2. The molecule has 2 aromatic rings. The van der Waals surface area contributed by atoms with E-state index in [1.807, 2.05) is 25.1 Å². The molecule has 18 heavy (non-hydrogen) atoms. The summed E-state index contributed by atoms with van der Waals surface area (Å²) in [6, 6.07) is 5.78. The van der Waals surface area contributed by atoms with Gasteiger partial charge in [-0.25, -0.2) is 10.8 Å². The maximum absolute atomic E-state index is 5.56. The molecule has 6 nitrogen and oxygen atoms in total. The number of nitrogens with two attached hydrogens (primary N) is 1. The van der Waals surface area contributed by atoms with E-state index in [0.717, 1.165) is 28.5 Å². The van der Waals surface area contributed by atoms with Gasteiger partial charge in [0.2, 0.25) is 5.95 Å². The van der Waals surface area contributed by atoms with Crippen LogP contribution in [0.3, 0.4) is 0 Å². The first-order chi connectivity index (χ1) is 8.78. The molecular weight excluding hydrogens is 232 g/mol. The number of nitrogens with zero attached hydrogens (tertiary/aromatic N) is 1. The van der Waals surface area contributed by atoms with Crippen molar-refractivity contribution in [2.75, 3.05) is 18.6 Å². The van der Waals surface area contributed by atoms with E-state index < -0.39 is 0 Å². The number of imidazole rings is 1. The first-order valence-electron chi connectivity index (χ1n) is 5.71. The van der Waals surface area contributed by atoms with Crippen LogP contribution >= 0.6 is 0 Å². The third-order valence-electron chi connectivity index (χ3n) is 2.84. The van der Waals surface area contributed by atoms with E-state index in [2.05, 4.69) is 15.4 Å². The zero-order valence-electron chi connectivity index (χ0n) is 9.99. The minimum absolute atomic E-state index is 0.539. The lowest BCUT2D eigenvalue weighted by molar-refractivity contribution is 0.171. The summed E-state index contributed by atoms with van der Waals surface area (Å²) in [6.45, 7) is 3.11. The summed E-state index contributed by atoms with van der Waals surface area (Å²) < 4.78 is 11.0. The number of aromatic amines is 1. The van der Waals surface area contributed by atoms with Gasteiger partial charge in [0.1, 0.15) is 13.2 Å². The molecule has 1 aliphatic rings. The smallest absolute Gasteiger partial charge is 0.215 e. The zero-order chi connectivity index (χ0) is 12.5. The molecule has 6 heteroatoms. The van der Waals surface area contributed by atoms with Crippen LogP contribution in [-0.2, 0) is 0 Å². The van der Waals surface area contributed by atoms with Crippen LogP contribution in [0.1, 0.15) is 5.69 Å². The van der Waals surface area contributed by atoms with Crippen molar-refractivity contribution in [3.8, 4) is 22.8 Å². The molecule has 1 aromatic heterocycles. The molecule has 2 heterocycles. The van der Waals surface area contributed by atoms with Crippen molar-refractivity contribution in [1.29, 1.82) is 0 Å². The number of aromatic nitrogens is 2. The Morgan fingerprint density at radius 1 is 1.28 bits per heavy atom. The third-order valence-corrected chi connectivity index (χ3v) is 2.84. The molecule has 0 fully saturated rings. The van der Waals surface area contributed by atoms with Crippen LogP contribution in [0.25, 0.3) is 11.3 Å². The fourth-order valence-corrected chi connectivity index (χ4v) is 2.00. The van der Waals surface area contributed by atoms with Gasteiger partial charge < -0.3 is 14.5 Å². The Kier molecular flexibility index (Phi) is 2.56. The van der Waals surface area contributed by atoms with Crippen molar-refractivity contribution < 1.29 is 9.47 Å². The van der Waals surface area contributed by atoms with Gasteiger partial charge in [0.25, 0.3) is 0 Å². The van der Waals surface area contributed by atoms with Crippen molar-refractivity contribution in [1.82, 2.24) is 9.97 Å². The Labute approximate surface area is 104 Å². The molecule has 0 radical (unpaired) electrons. The molecule has 0 aliphatic carbocycles. The average Bonchev–Trinajstić information content (AvgIpc) is 2.79. The number of hydrogen-bond donors (Lipinski definition) is 3. The predicted octanol–water partition coefficient (Wildman–Crippen LogP) is 1.44. The Balaban J connectivity index is 2.03. The van der Waals surface area contributed by atoms with E-state index in [1.165, 1.54) is 0 Å². The number of H-pyrrole nitrogens is 1. The maximum atomic E-state index is 5.56. The van der Waals surface area contributed by atoms with Gasteiger partial charge in [0.15, 0.2) is 11.5 Å². The van der Waals surface area contributed by atoms with E-state index in [0.29, 0.717) is 19.2 Å². The number of ether oxygens (including phenoxy) is 2. The van der Waals surface area contributed by atoms with Crippen molar-refractivity contribution in [3.63, 3.8) is 0 Å². The summed E-state index contributed by atoms with van der Waals surface area (Å²) in [4.78, 5) is 7.41. The van der Waals surface area contributed by atoms with Crippen molar-refractivity contribution in [2.24, 2.45) is 5.84 Å². The minimum Gasteiger partial charge on any atom is -0.486 e. The Morgan fingerprint density at radius 2 is 2.06 bits per heavy atom. The number of nitrogens with one attached hydrogen (secondary N) is 2. The lowest BCUT2D eigenvalue weighted by Crippen LogP contribution is -2.15. The lowest BCUT2D eigenvalue weighted by atomic mass is 10.1. The highest BCUT2D eigenvalue weighted by Crippen LogP contribution is 2.35. The number of benzene rings is 1. The van der Waals surface area contributed by atoms with Gasteiger partial charge in [-0.2, -0.15) is 0 Å².